The van der Waals surface area contributed by atoms with Gasteiger partial charge in [0.15, 0.2) is 0 Å². The van der Waals surface area contributed by atoms with E-state index in [1.165, 1.54) is 36.7 Å². The summed E-state index contributed by atoms with van der Waals surface area (Å²) in [5, 5.41) is 2.80. The van der Waals surface area contributed by atoms with Gasteiger partial charge in [-0.3, -0.25) is 4.79 Å². The fourth-order valence-corrected chi connectivity index (χ4v) is 6.30. The molecule has 1 aromatic rings. The highest BCUT2D eigenvalue weighted by atomic mass is 32.2. The molecule has 8 nitrogen and oxygen atoms in total. The smallest absolute Gasteiger partial charge is 0.331 e. The highest BCUT2D eigenvalue weighted by molar-refractivity contribution is 7.89. The molecule has 3 rings (SSSR count). The van der Waals surface area contributed by atoms with Gasteiger partial charge < -0.3 is 14.8 Å². The van der Waals surface area contributed by atoms with Crippen molar-refractivity contribution in [1.82, 2.24) is 9.62 Å². The Morgan fingerprint density at radius 3 is 2.43 bits per heavy atom. The molecule has 2 aliphatic rings. The van der Waals surface area contributed by atoms with Gasteiger partial charge in [0.25, 0.3) is 5.91 Å². The fourth-order valence-electron chi connectivity index (χ4n) is 4.42. The van der Waals surface area contributed by atoms with Crippen LogP contribution in [0.5, 0.6) is 5.75 Å². The number of piperidine rings is 1. The Morgan fingerprint density at radius 1 is 1.13 bits per heavy atom. The van der Waals surface area contributed by atoms with E-state index in [0.29, 0.717) is 19.4 Å². The van der Waals surface area contributed by atoms with Crippen LogP contribution in [0.2, 0.25) is 0 Å². The average molecular weight is 439 g/mol. The zero-order valence-corrected chi connectivity index (χ0v) is 18.6. The number of carbonyl (C=O) groups is 2. The van der Waals surface area contributed by atoms with Crippen molar-refractivity contribution < 1.29 is 27.5 Å². The van der Waals surface area contributed by atoms with E-state index in [1.54, 1.807) is 0 Å². The lowest BCUT2D eigenvalue weighted by atomic mass is 9.97. The molecular weight excluding hydrogens is 408 g/mol. The number of hydrogen-bond acceptors (Lipinski definition) is 6. The molecule has 1 N–H and O–H groups in total. The van der Waals surface area contributed by atoms with E-state index in [9.17, 15) is 18.0 Å². The van der Waals surface area contributed by atoms with Gasteiger partial charge in [0.1, 0.15) is 16.2 Å². The second kappa shape index (κ2) is 8.93. The minimum Gasteiger partial charge on any atom is -0.495 e. The Kier molecular flexibility index (Phi) is 6.71. The number of methoxy groups -OCH3 is 2. The summed E-state index contributed by atoms with van der Waals surface area (Å²) in [6, 6.07) is 4.21. The van der Waals surface area contributed by atoms with Gasteiger partial charge in [0.2, 0.25) is 10.0 Å². The molecule has 1 aliphatic heterocycles. The summed E-state index contributed by atoms with van der Waals surface area (Å²) in [5.74, 6) is -0.794. The minimum absolute atomic E-state index is 0.0371. The topological polar surface area (TPSA) is 102 Å². The number of esters is 1. The van der Waals surface area contributed by atoms with Crippen LogP contribution in [0.4, 0.5) is 0 Å². The molecule has 1 amide bonds. The van der Waals surface area contributed by atoms with E-state index >= 15 is 0 Å². The monoisotopic (exact) mass is 438 g/mol. The van der Waals surface area contributed by atoms with Crippen LogP contribution in [0.15, 0.2) is 23.1 Å². The van der Waals surface area contributed by atoms with Crippen molar-refractivity contribution in [3.05, 3.63) is 23.8 Å². The number of nitrogens with one attached hydrogen (secondary N) is 1. The summed E-state index contributed by atoms with van der Waals surface area (Å²) in [6.45, 7) is 2.33. The lowest BCUT2D eigenvalue weighted by Gasteiger charge is -2.32. The van der Waals surface area contributed by atoms with Gasteiger partial charge in [-0.15, -0.1) is 0 Å². The van der Waals surface area contributed by atoms with E-state index < -0.39 is 27.4 Å². The first-order valence-electron chi connectivity index (χ1n) is 10.4. The SMILES string of the molecule is COC(=O)C1(NC(=O)c2ccc(OC)c(S(=O)(=O)N3CCCCC3C)c2)CCCC1. The number of benzene rings is 1. The molecule has 9 heteroatoms. The van der Waals surface area contributed by atoms with Gasteiger partial charge in [-0.25, -0.2) is 13.2 Å². The van der Waals surface area contributed by atoms with Crippen molar-refractivity contribution in [2.24, 2.45) is 0 Å². The molecule has 1 saturated carbocycles. The molecule has 1 heterocycles. The number of rotatable bonds is 6. The molecule has 1 aliphatic carbocycles. The second-order valence-electron chi connectivity index (χ2n) is 8.06. The van der Waals surface area contributed by atoms with Crippen LogP contribution in [0.1, 0.15) is 62.2 Å². The summed E-state index contributed by atoms with van der Waals surface area (Å²) in [6.07, 6.45) is 5.20. The van der Waals surface area contributed by atoms with Gasteiger partial charge in [-0.05, 0) is 50.8 Å². The van der Waals surface area contributed by atoms with E-state index in [-0.39, 0.29) is 22.3 Å². The maximum atomic E-state index is 13.4. The zero-order chi connectivity index (χ0) is 21.9. The Morgan fingerprint density at radius 2 is 1.83 bits per heavy atom. The maximum Gasteiger partial charge on any atom is 0.331 e. The number of amides is 1. The second-order valence-corrected chi connectivity index (χ2v) is 9.92. The van der Waals surface area contributed by atoms with Gasteiger partial charge in [-0.2, -0.15) is 4.31 Å². The third-order valence-electron chi connectivity index (χ3n) is 6.14. The van der Waals surface area contributed by atoms with Crippen LogP contribution in [-0.4, -0.2) is 56.9 Å². The lowest BCUT2D eigenvalue weighted by Crippen LogP contribution is -2.53. The highest BCUT2D eigenvalue weighted by Crippen LogP contribution is 2.33. The van der Waals surface area contributed by atoms with Crippen molar-refractivity contribution in [1.29, 1.82) is 0 Å². The van der Waals surface area contributed by atoms with Crippen molar-refractivity contribution in [3.63, 3.8) is 0 Å². The third-order valence-corrected chi connectivity index (χ3v) is 8.18. The molecule has 1 aromatic carbocycles. The van der Waals surface area contributed by atoms with Crippen molar-refractivity contribution >= 4 is 21.9 Å². The Hall–Kier alpha value is -2.13. The summed E-state index contributed by atoms with van der Waals surface area (Å²) in [7, 11) is -1.14. The normalized spacial score (nSPS) is 21.8. The van der Waals surface area contributed by atoms with Crippen LogP contribution in [0.25, 0.3) is 0 Å². The number of carbonyl (C=O) groups excluding carboxylic acids is 2. The molecule has 2 fully saturated rings. The minimum atomic E-state index is -3.84. The predicted molar refractivity (Wildman–Crippen MR) is 111 cm³/mol. The molecular formula is C21H30N2O6S. The first-order chi connectivity index (χ1) is 14.2. The molecule has 30 heavy (non-hydrogen) atoms. The standard InChI is InChI=1S/C21H30N2O6S/c1-15-8-4-7-13-23(15)30(26,27)18-14-16(9-10-17(18)28-2)19(24)22-21(20(25)29-3)11-5-6-12-21/h9-10,14-15H,4-8,11-13H2,1-3H3,(H,22,24). The van der Waals surface area contributed by atoms with E-state index in [2.05, 4.69) is 5.32 Å². The lowest BCUT2D eigenvalue weighted by molar-refractivity contribution is -0.148. The Balaban J connectivity index is 1.94. The molecule has 1 unspecified atom stereocenters. The molecule has 1 saturated heterocycles. The van der Waals surface area contributed by atoms with E-state index in [4.69, 9.17) is 9.47 Å². The Bertz CT molecular complexity index is 908. The van der Waals surface area contributed by atoms with Crippen molar-refractivity contribution in [2.75, 3.05) is 20.8 Å². The van der Waals surface area contributed by atoms with Crippen molar-refractivity contribution in [2.45, 2.75) is 68.3 Å². The summed E-state index contributed by atoms with van der Waals surface area (Å²) in [5.41, 5.74) is -0.902. The number of nitrogens with zero attached hydrogens (tertiary/aromatic N) is 1. The van der Waals surface area contributed by atoms with Gasteiger partial charge in [0, 0.05) is 18.2 Å². The maximum absolute atomic E-state index is 13.4. The molecule has 0 aromatic heterocycles. The van der Waals surface area contributed by atoms with Gasteiger partial charge in [0.05, 0.1) is 14.2 Å². The highest BCUT2D eigenvalue weighted by Gasteiger charge is 2.44. The van der Waals surface area contributed by atoms with Crippen LogP contribution in [0, 0.1) is 0 Å². The fraction of sp³-hybridized carbons (Fsp3) is 0.619. The first-order valence-corrected chi connectivity index (χ1v) is 11.8. The largest absolute Gasteiger partial charge is 0.495 e. The zero-order valence-electron chi connectivity index (χ0n) is 17.8. The van der Waals surface area contributed by atoms with Crippen LogP contribution < -0.4 is 10.1 Å². The van der Waals surface area contributed by atoms with Gasteiger partial charge >= 0.3 is 5.97 Å². The average Bonchev–Trinajstić information content (AvgIpc) is 3.22. The molecule has 1 atom stereocenters. The predicted octanol–water partition coefficient (Wildman–Crippen LogP) is 2.47. The first kappa shape index (κ1) is 22.6. The van der Waals surface area contributed by atoms with Gasteiger partial charge in [-0.1, -0.05) is 19.3 Å². The van der Waals surface area contributed by atoms with Crippen LogP contribution >= 0.6 is 0 Å². The van der Waals surface area contributed by atoms with E-state index in [0.717, 1.165) is 32.1 Å². The third kappa shape index (κ3) is 4.18. The number of hydrogen-bond donors (Lipinski definition) is 1. The van der Waals surface area contributed by atoms with Crippen molar-refractivity contribution in [3.8, 4) is 5.75 Å². The summed E-state index contributed by atoms with van der Waals surface area (Å²) >= 11 is 0. The quantitative estimate of drug-likeness (QED) is 0.685. The van der Waals surface area contributed by atoms with Crippen LogP contribution in [-0.2, 0) is 19.6 Å². The number of sulfonamides is 1. The molecule has 166 valence electrons. The molecule has 0 bridgehead atoms. The summed E-state index contributed by atoms with van der Waals surface area (Å²) in [4.78, 5) is 25.3. The van der Waals surface area contributed by atoms with Crippen LogP contribution in [0.3, 0.4) is 0 Å². The van der Waals surface area contributed by atoms with E-state index in [1.807, 2.05) is 6.92 Å². The Labute approximate surface area is 178 Å². The molecule has 0 radical (unpaired) electrons. The molecule has 0 spiro atoms. The summed E-state index contributed by atoms with van der Waals surface area (Å²) < 4.78 is 38.4. The number of ether oxygens (including phenoxy) is 2.